The van der Waals surface area contributed by atoms with Gasteiger partial charge in [0.15, 0.2) is 11.6 Å². The van der Waals surface area contributed by atoms with Crippen LogP contribution in [0.15, 0.2) is 36.8 Å². The molecule has 4 nitrogen and oxygen atoms in total. The summed E-state index contributed by atoms with van der Waals surface area (Å²) in [5, 5.41) is 0. The Balaban J connectivity index is 2.35. The van der Waals surface area contributed by atoms with Gasteiger partial charge in [-0.05, 0) is 24.3 Å². The van der Waals surface area contributed by atoms with Crippen molar-refractivity contribution in [1.29, 1.82) is 0 Å². The van der Waals surface area contributed by atoms with Crippen LogP contribution >= 0.6 is 0 Å². The maximum Gasteiger partial charge on any atom is 0.211 e. The molecule has 0 atom stereocenters. The second-order valence-electron chi connectivity index (χ2n) is 3.27. The first kappa shape index (κ1) is 11.2. The minimum atomic E-state index is -0.576. The van der Waals surface area contributed by atoms with Crippen molar-refractivity contribution in [3.05, 3.63) is 53.9 Å². The molecule has 1 aromatic heterocycles. The molecule has 0 aliphatic heterocycles. The van der Waals surface area contributed by atoms with Gasteiger partial charge in [0.05, 0.1) is 7.11 Å². The van der Waals surface area contributed by atoms with Crippen molar-refractivity contribution >= 4 is 5.78 Å². The summed E-state index contributed by atoms with van der Waals surface area (Å²) in [6.07, 6.45) is 2.73. The number of halogens is 1. The van der Waals surface area contributed by atoms with Crippen molar-refractivity contribution in [2.45, 2.75) is 0 Å². The van der Waals surface area contributed by atoms with E-state index in [1.54, 1.807) is 0 Å². The average molecular weight is 232 g/mol. The van der Waals surface area contributed by atoms with E-state index in [0.29, 0.717) is 0 Å². The van der Waals surface area contributed by atoms with Gasteiger partial charge in [-0.2, -0.15) is 0 Å². The zero-order chi connectivity index (χ0) is 12.3. The van der Waals surface area contributed by atoms with Crippen LogP contribution in [0.2, 0.25) is 0 Å². The molecule has 0 bridgehead atoms. The van der Waals surface area contributed by atoms with Crippen LogP contribution in [0, 0.1) is 5.82 Å². The molecule has 5 heteroatoms. The van der Waals surface area contributed by atoms with Crippen LogP contribution in [0.3, 0.4) is 0 Å². The maximum absolute atomic E-state index is 13.4. The molecule has 0 aliphatic carbocycles. The molecule has 17 heavy (non-hydrogen) atoms. The lowest BCUT2D eigenvalue weighted by molar-refractivity contribution is 0.103. The highest BCUT2D eigenvalue weighted by atomic mass is 19.1. The number of aromatic nitrogens is 2. The van der Waals surface area contributed by atoms with E-state index in [0.717, 1.165) is 6.07 Å². The maximum atomic E-state index is 13.4. The summed E-state index contributed by atoms with van der Waals surface area (Å²) in [4.78, 5) is 19.4. The number of benzene rings is 1. The van der Waals surface area contributed by atoms with Gasteiger partial charge in [0.25, 0.3) is 0 Å². The van der Waals surface area contributed by atoms with Gasteiger partial charge in [-0.25, -0.2) is 14.4 Å². The Kier molecular flexibility index (Phi) is 3.09. The van der Waals surface area contributed by atoms with Crippen LogP contribution in [0.5, 0.6) is 5.75 Å². The number of rotatable bonds is 3. The molecule has 0 aliphatic rings. The normalized spacial score (nSPS) is 10.0. The number of methoxy groups -OCH3 is 1. The van der Waals surface area contributed by atoms with Crippen LogP contribution < -0.4 is 4.74 Å². The monoisotopic (exact) mass is 232 g/mol. The van der Waals surface area contributed by atoms with Crippen LogP contribution in [0.4, 0.5) is 4.39 Å². The zero-order valence-electron chi connectivity index (χ0n) is 9.05. The Morgan fingerprint density at radius 1 is 1.35 bits per heavy atom. The smallest absolute Gasteiger partial charge is 0.211 e. The number of carbonyl (C=O) groups excluding carboxylic acids is 1. The first-order chi connectivity index (χ1) is 8.22. The van der Waals surface area contributed by atoms with Crippen molar-refractivity contribution in [3.63, 3.8) is 0 Å². The van der Waals surface area contributed by atoms with Crippen LogP contribution in [0.25, 0.3) is 0 Å². The molecule has 0 unspecified atom stereocenters. The number of carbonyl (C=O) groups is 1. The molecule has 0 saturated carbocycles. The predicted octanol–water partition coefficient (Wildman–Crippen LogP) is 1.86. The first-order valence-corrected chi connectivity index (χ1v) is 4.86. The van der Waals surface area contributed by atoms with E-state index >= 15 is 0 Å². The number of hydrogen-bond donors (Lipinski definition) is 0. The largest absolute Gasteiger partial charge is 0.494 e. The SMILES string of the molecule is COc1ccc(C(=O)c2ccncn2)cc1F. The lowest BCUT2D eigenvalue weighted by Crippen LogP contribution is -2.04. The fraction of sp³-hybridized carbons (Fsp3) is 0.0833. The number of ether oxygens (including phenoxy) is 1. The van der Waals surface area contributed by atoms with Crippen molar-refractivity contribution in [3.8, 4) is 5.75 Å². The third kappa shape index (κ3) is 2.28. The van der Waals surface area contributed by atoms with E-state index in [2.05, 4.69) is 9.97 Å². The molecule has 2 rings (SSSR count). The van der Waals surface area contributed by atoms with Crippen molar-refractivity contribution in [2.75, 3.05) is 7.11 Å². The summed E-state index contributed by atoms with van der Waals surface area (Å²) < 4.78 is 18.2. The van der Waals surface area contributed by atoms with E-state index in [1.165, 1.54) is 37.8 Å². The van der Waals surface area contributed by atoms with E-state index in [1.807, 2.05) is 0 Å². The highest BCUT2D eigenvalue weighted by Gasteiger charge is 2.12. The van der Waals surface area contributed by atoms with E-state index < -0.39 is 5.82 Å². The lowest BCUT2D eigenvalue weighted by Gasteiger charge is -2.04. The topological polar surface area (TPSA) is 52.1 Å². The van der Waals surface area contributed by atoms with Gasteiger partial charge in [-0.3, -0.25) is 4.79 Å². The lowest BCUT2D eigenvalue weighted by atomic mass is 10.1. The molecule has 86 valence electrons. The fourth-order valence-electron chi connectivity index (χ4n) is 1.38. The third-order valence-electron chi connectivity index (χ3n) is 2.23. The summed E-state index contributed by atoms with van der Waals surface area (Å²) in [6, 6.07) is 5.50. The summed E-state index contributed by atoms with van der Waals surface area (Å²) in [5.41, 5.74) is 0.451. The van der Waals surface area contributed by atoms with E-state index in [4.69, 9.17) is 4.74 Å². The third-order valence-corrected chi connectivity index (χ3v) is 2.23. The highest BCUT2D eigenvalue weighted by molar-refractivity contribution is 6.07. The van der Waals surface area contributed by atoms with Gasteiger partial charge >= 0.3 is 0 Å². The van der Waals surface area contributed by atoms with Crippen molar-refractivity contribution < 1.29 is 13.9 Å². The van der Waals surface area contributed by atoms with Gasteiger partial charge in [0.1, 0.15) is 12.0 Å². The Bertz CT molecular complexity index is 543. The molecule has 0 saturated heterocycles. The van der Waals surface area contributed by atoms with Crippen LogP contribution in [0.1, 0.15) is 16.1 Å². The molecule has 0 spiro atoms. The van der Waals surface area contributed by atoms with E-state index in [-0.39, 0.29) is 22.8 Å². The van der Waals surface area contributed by atoms with Crippen molar-refractivity contribution in [2.24, 2.45) is 0 Å². The molecule has 1 aromatic carbocycles. The Labute approximate surface area is 97.1 Å². The quantitative estimate of drug-likeness (QED) is 0.758. The Morgan fingerprint density at radius 3 is 2.76 bits per heavy atom. The van der Waals surface area contributed by atoms with Crippen LogP contribution in [-0.2, 0) is 0 Å². The van der Waals surface area contributed by atoms with Gasteiger partial charge in [0, 0.05) is 11.8 Å². The second kappa shape index (κ2) is 4.69. The Hall–Kier alpha value is -2.30. The molecule has 0 radical (unpaired) electrons. The molecule has 0 amide bonds. The second-order valence-corrected chi connectivity index (χ2v) is 3.27. The van der Waals surface area contributed by atoms with E-state index in [9.17, 15) is 9.18 Å². The molecule has 0 N–H and O–H groups in total. The minimum absolute atomic E-state index is 0.101. The summed E-state index contributed by atoms with van der Waals surface area (Å²) in [6.45, 7) is 0. The Morgan fingerprint density at radius 2 is 2.18 bits per heavy atom. The first-order valence-electron chi connectivity index (χ1n) is 4.86. The summed E-state index contributed by atoms with van der Waals surface area (Å²) >= 11 is 0. The fourth-order valence-corrected chi connectivity index (χ4v) is 1.38. The molecule has 1 heterocycles. The molecular weight excluding hydrogens is 223 g/mol. The number of nitrogens with zero attached hydrogens (tertiary/aromatic N) is 2. The molecule has 2 aromatic rings. The number of ketones is 1. The van der Waals surface area contributed by atoms with Gasteiger partial charge in [-0.1, -0.05) is 0 Å². The number of hydrogen-bond acceptors (Lipinski definition) is 4. The van der Waals surface area contributed by atoms with Crippen molar-refractivity contribution in [1.82, 2.24) is 9.97 Å². The van der Waals surface area contributed by atoms with Gasteiger partial charge < -0.3 is 4.74 Å². The molecular formula is C12H9FN2O2. The average Bonchev–Trinajstić information content (AvgIpc) is 2.39. The minimum Gasteiger partial charge on any atom is -0.494 e. The van der Waals surface area contributed by atoms with Gasteiger partial charge in [-0.15, -0.1) is 0 Å². The highest BCUT2D eigenvalue weighted by Crippen LogP contribution is 2.19. The summed E-state index contributed by atoms with van der Waals surface area (Å²) in [7, 11) is 1.37. The van der Waals surface area contributed by atoms with Crippen LogP contribution in [-0.4, -0.2) is 22.9 Å². The zero-order valence-corrected chi connectivity index (χ0v) is 9.05. The predicted molar refractivity (Wildman–Crippen MR) is 58.4 cm³/mol. The van der Waals surface area contributed by atoms with Gasteiger partial charge in [0.2, 0.25) is 5.78 Å². The summed E-state index contributed by atoms with van der Waals surface area (Å²) in [5.74, 6) is -0.828. The molecule has 0 fully saturated rings. The standard InChI is InChI=1S/C12H9FN2O2/c1-17-11-3-2-8(6-9(11)13)12(16)10-4-5-14-7-15-10/h2-7H,1H3.